The van der Waals surface area contributed by atoms with Crippen LogP contribution in [0.1, 0.15) is 6.42 Å². The number of rotatable bonds is 5. The van der Waals surface area contributed by atoms with E-state index < -0.39 is 0 Å². The number of hydrogen-bond acceptors (Lipinski definition) is 4. The molecule has 1 aromatic carbocycles. The van der Waals surface area contributed by atoms with E-state index in [4.69, 9.17) is 4.74 Å². The van der Waals surface area contributed by atoms with Gasteiger partial charge in [0.05, 0.1) is 0 Å². The minimum absolute atomic E-state index is 0.0457. The molecule has 22 heavy (non-hydrogen) atoms. The lowest BCUT2D eigenvalue weighted by molar-refractivity contribution is -0.123. The van der Waals surface area contributed by atoms with Crippen molar-refractivity contribution in [2.45, 2.75) is 12.5 Å². The quantitative estimate of drug-likeness (QED) is 0.915. The normalized spacial score (nSPS) is 17.3. The topological polar surface area (TPSA) is 54.5 Å². The lowest BCUT2D eigenvalue weighted by atomic mass is 10.2. The molecule has 1 atom stereocenters. The van der Waals surface area contributed by atoms with Crippen LogP contribution in [0.3, 0.4) is 0 Å². The molecule has 3 rings (SSSR count). The minimum Gasteiger partial charge on any atom is -0.484 e. The number of ether oxygens (including phenoxy) is 1. The molecule has 1 aliphatic rings. The van der Waals surface area contributed by atoms with Crippen molar-refractivity contribution < 1.29 is 9.53 Å². The van der Waals surface area contributed by atoms with Gasteiger partial charge in [0.25, 0.3) is 5.91 Å². The van der Waals surface area contributed by atoms with E-state index in [1.54, 1.807) is 6.20 Å². The summed E-state index contributed by atoms with van der Waals surface area (Å²) in [6.07, 6.45) is 2.71. The maximum Gasteiger partial charge on any atom is 0.258 e. The van der Waals surface area contributed by atoms with Crippen molar-refractivity contribution >= 4 is 11.7 Å². The Morgan fingerprint density at radius 2 is 2.05 bits per heavy atom. The lowest BCUT2D eigenvalue weighted by Gasteiger charge is -2.17. The smallest absolute Gasteiger partial charge is 0.258 e. The van der Waals surface area contributed by atoms with E-state index in [1.165, 1.54) is 0 Å². The van der Waals surface area contributed by atoms with E-state index in [9.17, 15) is 4.79 Å². The number of carbonyl (C=O) groups is 1. The number of aromatic nitrogens is 1. The standard InChI is InChI=1S/C17H19N3O2/c21-17(13-22-15-6-2-1-3-7-15)19-14-9-11-20(12-14)16-8-4-5-10-18-16/h1-8,10,14H,9,11-13H2,(H,19,21)/t14-/m1/s1. The van der Waals surface area contributed by atoms with Gasteiger partial charge in [-0.2, -0.15) is 0 Å². The van der Waals surface area contributed by atoms with Gasteiger partial charge in [-0.15, -0.1) is 0 Å². The van der Waals surface area contributed by atoms with E-state index in [1.807, 2.05) is 48.5 Å². The van der Waals surface area contributed by atoms with Crippen LogP contribution >= 0.6 is 0 Å². The third kappa shape index (κ3) is 3.75. The highest BCUT2D eigenvalue weighted by Crippen LogP contribution is 2.17. The molecule has 0 bridgehead atoms. The predicted octanol–water partition coefficient (Wildman–Crippen LogP) is 1.86. The molecule has 0 aliphatic carbocycles. The summed E-state index contributed by atoms with van der Waals surface area (Å²) >= 11 is 0. The van der Waals surface area contributed by atoms with Gasteiger partial charge < -0.3 is 15.0 Å². The van der Waals surface area contributed by atoms with E-state index in [0.717, 1.165) is 25.3 Å². The summed E-state index contributed by atoms with van der Waals surface area (Å²) in [4.78, 5) is 18.5. The number of nitrogens with zero attached hydrogens (tertiary/aromatic N) is 2. The van der Waals surface area contributed by atoms with Crippen LogP contribution in [-0.4, -0.2) is 36.6 Å². The van der Waals surface area contributed by atoms with Crippen molar-refractivity contribution in [3.63, 3.8) is 0 Å². The van der Waals surface area contributed by atoms with Gasteiger partial charge in [0.2, 0.25) is 0 Å². The number of nitrogens with one attached hydrogen (secondary N) is 1. The molecule has 1 amide bonds. The summed E-state index contributed by atoms with van der Waals surface area (Å²) in [5.41, 5.74) is 0. The molecule has 5 heteroatoms. The highest BCUT2D eigenvalue weighted by atomic mass is 16.5. The lowest BCUT2D eigenvalue weighted by Crippen LogP contribution is -2.39. The van der Waals surface area contributed by atoms with Crippen LogP contribution in [0.5, 0.6) is 5.75 Å². The van der Waals surface area contributed by atoms with E-state index in [0.29, 0.717) is 5.75 Å². The summed E-state index contributed by atoms with van der Waals surface area (Å²) in [6.45, 7) is 1.74. The van der Waals surface area contributed by atoms with E-state index in [2.05, 4.69) is 15.2 Å². The Bertz CT molecular complexity index is 604. The number of carbonyl (C=O) groups excluding carboxylic acids is 1. The van der Waals surface area contributed by atoms with Gasteiger partial charge in [-0.25, -0.2) is 4.98 Å². The molecule has 2 heterocycles. The van der Waals surface area contributed by atoms with E-state index >= 15 is 0 Å². The predicted molar refractivity (Wildman–Crippen MR) is 84.9 cm³/mol. The highest BCUT2D eigenvalue weighted by Gasteiger charge is 2.24. The Morgan fingerprint density at radius 3 is 2.82 bits per heavy atom. The van der Waals surface area contributed by atoms with Gasteiger partial charge in [-0.05, 0) is 30.7 Å². The fourth-order valence-electron chi connectivity index (χ4n) is 2.56. The first-order chi connectivity index (χ1) is 10.8. The first-order valence-corrected chi connectivity index (χ1v) is 7.44. The maximum atomic E-state index is 11.9. The van der Waals surface area contributed by atoms with Crippen LogP contribution in [0.25, 0.3) is 0 Å². The second-order valence-electron chi connectivity index (χ2n) is 5.29. The van der Waals surface area contributed by atoms with Crippen molar-refractivity contribution in [1.82, 2.24) is 10.3 Å². The number of hydrogen-bond donors (Lipinski definition) is 1. The molecule has 1 aromatic heterocycles. The Balaban J connectivity index is 1.45. The number of para-hydroxylation sites is 1. The zero-order valence-electron chi connectivity index (χ0n) is 12.3. The molecule has 0 spiro atoms. The van der Waals surface area contributed by atoms with Crippen LogP contribution in [-0.2, 0) is 4.79 Å². The Labute approximate surface area is 129 Å². The van der Waals surface area contributed by atoms with Crippen molar-refractivity contribution in [3.8, 4) is 5.75 Å². The van der Waals surface area contributed by atoms with Crippen molar-refractivity contribution in [2.24, 2.45) is 0 Å². The SMILES string of the molecule is O=C(COc1ccccc1)N[C@@H]1CCN(c2ccccn2)C1. The zero-order valence-corrected chi connectivity index (χ0v) is 12.3. The average Bonchev–Trinajstić information content (AvgIpc) is 3.03. The average molecular weight is 297 g/mol. The third-order valence-corrected chi connectivity index (χ3v) is 3.64. The zero-order chi connectivity index (χ0) is 15.2. The Kier molecular flexibility index (Phi) is 4.53. The molecular weight excluding hydrogens is 278 g/mol. The molecule has 1 aliphatic heterocycles. The summed E-state index contributed by atoms with van der Waals surface area (Å²) in [5, 5.41) is 3.02. The van der Waals surface area contributed by atoms with Gasteiger partial charge >= 0.3 is 0 Å². The molecular formula is C17H19N3O2. The monoisotopic (exact) mass is 297 g/mol. The molecule has 1 saturated heterocycles. The fraction of sp³-hybridized carbons (Fsp3) is 0.294. The largest absolute Gasteiger partial charge is 0.484 e. The maximum absolute atomic E-state index is 11.9. The van der Waals surface area contributed by atoms with Gasteiger partial charge in [0.15, 0.2) is 6.61 Å². The number of anilines is 1. The first kappa shape index (κ1) is 14.4. The summed E-state index contributed by atoms with van der Waals surface area (Å²) in [6, 6.07) is 15.4. The molecule has 0 unspecified atom stereocenters. The number of pyridine rings is 1. The summed E-state index contributed by atoms with van der Waals surface area (Å²) < 4.78 is 5.45. The fourth-order valence-corrected chi connectivity index (χ4v) is 2.56. The Hall–Kier alpha value is -2.56. The molecule has 1 fully saturated rings. The summed E-state index contributed by atoms with van der Waals surface area (Å²) in [7, 11) is 0. The Morgan fingerprint density at radius 1 is 1.23 bits per heavy atom. The number of benzene rings is 1. The van der Waals surface area contributed by atoms with Crippen molar-refractivity contribution in [1.29, 1.82) is 0 Å². The third-order valence-electron chi connectivity index (χ3n) is 3.64. The highest BCUT2D eigenvalue weighted by molar-refractivity contribution is 5.78. The van der Waals surface area contributed by atoms with Crippen LogP contribution in [0.15, 0.2) is 54.7 Å². The van der Waals surface area contributed by atoms with Crippen LogP contribution in [0.2, 0.25) is 0 Å². The van der Waals surface area contributed by atoms with Crippen LogP contribution in [0, 0.1) is 0 Å². The second kappa shape index (κ2) is 6.93. The van der Waals surface area contributed by atoms with Crippen LogP contribution < -0.4 is 15.0 Å². The first-order valence-electron chi connectivity index (χ1n) is 7.44. The summed E-state index contributed by atoms with van der Waals surface area (Å²) in [5.74, 6) is 1.58. The van der Waals surface area contributed by atoms with Crippen molar-refractivity contribution in [2.75, 3.05) is 24.6 Å². The molecule has 5 nitrogen and oxygen atoms in total. The van der Waals surface area contributed by atoms with Crippen molar-refractivity contribution in [3.05, 3.63) is 54.7 Å². The van der Waals surface area contributed by atoms with Crippen LogP contribution in [0.4, 0.5) is 5.82 Å². The van der Waals surface area contributed by atoms with Gasteiger partial charge in [0.1, 0.15) is 11.6 Å². The van der Waals surface area contributed by atoms with E-state index in [-0.39, 0.29) is 18.6 Å². The molecule has 114 valence electrons. The molecule has 0 saturated carbocycles. The molecule has 0 radical (unpaired) electrons. The second-order valence-corrected chi connectivity index (χ2v) is 5.29. The molecule has 2 aromatic rings. The van der Waals surface area contributed by atoms with Gasteiger partial charge in [-0.3, -0.25) is 4.79 Å². The minimum atomic E-state index is -0.0864. The van der Waals surface area contributed by atoms with Gasteiger partial charge in [-0.1, -0.05) is 24.3 Å². The molecule has 1 N–H and O–H groups in total. The van der Waals surface area contributed by atoms with Gasteiger partial charge in [0, 0.05) is 25.3 Å². The number of amides is 1.